The number of ether oxygens (including phenoxy) is 4. The van der Waals surface area contributed by atoms with Gasteiger partial charge >= 0.3 is 0 Å². The number of hydrogen-bond donors (Lipinski definition) is 0. The second kappa shape index (κ2) is 4.32. The summed E-state index contributed by atoms with van der Waals surface area (Å²) in [5, 5.41) is 0. The summed E-state index contributed by atoms with van der Waals surface area (Å²) in [4.78, 5) is 0. The van der Waals surface area contributed by atoms with Crippen LogP contribution in [0.15, 0.2) is 36.4 Å². The van der Waals surface area contributed by atoms with Gasteiger partial charge in [-0.1, -0.05) is 0 Å². The first kappa shape index (κ1) is 12.4. The smallest absolute Gasteiger partial charge is 0.123 e. The molecule has 0 N–H and O–H groups in total. The molecule has 108 valence electrons. The number of fused-ring (bicyclic) bond motifs is 4. The molecule has 2 heterocycles. The maximum Gasteiger partial charge on any atom is 0.123 e. The molecule has 0 atom stereocenters. The van der Waals surface area contributed by atoms with Crippen LogP contribution in [-0.2, 0) is 5.41 Å². The number of benzene rings is 2. The summed E-state index contributed by atoms with van der Waals surface area (Å²) in [7, 11) is 3.35. The van der Waals surface area contributed by atoms with Crippen molar-refractivity contribution in [2.75, 3.05) is 27.4 Å². The Bertz CT molecular complexity index is 646. The van der Waals surface area contributed by atoms with Gasteiger partial charge in [0.2, 0.25) is 0 Å². The summed E-state index contributed by atoms with van der Waals surface area (Å²) in [6.07, 6.45) is 0. The minimum atomic E-state index is -0.270. The average Bonchev–Trinajstić information content (AvgIpc) is 3.10. The summed E-state index contributed by atoms with van der Waals surface area (Å²) in [6.45, 7) is 1.16. The Morgan fingerprint density at radius 1 is 0.810 bits per heavy atom. The molecular formula is C17H16O4. The third-order valence-corrected chi connectivity index (χ3v) is 4.35. The molecule has 4 rings (SSSR count). The average molecular weight is 284 g/mol. The SMILES string of the molecule is COc1ccc2c(c1)C1(CO2)COc2ccc(OC)cc21. The molecule has 0 bridgehead atoms. The predicted octanol–water partition coefficient (Wildman–Crippen LogP) is 2.77. The molecule has 0 saturated carbocycles. The highest BCUT2D eigenvalue weighted by atomic mass is 16.5. The van der Waals surface area contributed by atoms with Crippen LogP contribution in [0.1, 0.15) is 11.1 Å². The molecule has 21 heavy (non-hydrogen) atoms. The molecule has 2 aromatic rings. The Hall–Kier alpha value is -2.36. The Balaban J connectivity index is 1.90. The van der Waals surface area contributed by atoms with E-state index in [0.717, 1.165) is 34.1 Å². The molecule has 2 aliphatic heterocycles. The van der Waals surface area contributed by atoms with E-state index in [1.54, 1.807) is 14.2 Å². The van der Waals surface area contributed by atoms with Gasteiger partial charge in [0.25, 0.3) is 0 Å². The Kier molecular flexibility index (Phi) is 2.55. The Morgan fingerprint density at radius 2 is 1.29 bits per heavy atom. The first-order valence-corrected chi connectivity index (χ1v) is 6.89. The van der Waals surface area contributed by atoms with Gasteiger partial charge in [0, 0.05) is 11.1 Å². The van der Waals surface area contributed by atoms with E-state index in [2.05, 4.69) is 0 Å². The molecule has 0 saturated heterocycles. The van der Waals surface area contributed by atoms with E-state index in [4.69, 9.17) is 18.9 Å². The van der Waals surface area contributed by atoms with Gasteiger partial charge in [-0.3, -0.25) is 0 Å². The van der Waals surface area contributed by atoms with Crippen molar-refractivity contribution < 1.29 is 18.9 Å². The zero-order valence-corrected chi connectivity index (χ0v) is 12.0. The third-order valence-electron chi connectivity index (χ3n) is 4.35. The summed E-state index contributed by atoms with van der Waals surface area (Å²) in [5.41, 5.74) is 1.97. The summed E-state index contributed by atoms with van der Waals surface area (Å²) in [6, 6.07) is 11.8. The quantitative estimate of drug-likeness (QED) is 0.849. The van der Waals surface area contributed by atoms with Gasteiger partial charge in [-0.15, -0.1) is 0 Å². The Morgan fingerprint density at radius 3 is 1.71 bits per heavy atom. The zero-order valence-electron chi connectivity index (χ0n) is 12.0. The predicted molar refractivity (Wildman–Crippen MR) is 77.8 cm³/mol. The number of rotatable bonds is 2. The minimum Gasteiger partial charge on any atom is -0.497 e. The highest BCUT2D eigenvalue weighted by molar-refractivity contribution is 5.60. The fourth-order valence-corrected chi connectivity index (χ4v) is 3.17. The molecular weight excluding hydrogens is 268 g/mol. The lowest BCUT2D eigenvalue weighted by atomic mass is 9.78. The van der Waals surface area contributed by atoms with Crippen molar-refractivity contribution >= 4 is 0 Å². The van der Waals surface area contributed by atoms with Crippen molar-refractivity contribution in [3.63, 3.8) is 0 Å². The van der Waals surface area contributed by atoms with E-state index in [0.29, 0.717) is 13.2 Å². The lowest BCUT2D eigenvalue weighted by Crippen LogP contribution is -2.31. The van der Waals surface area contributed by atoms with Crippen LogP contribution < -0.4 is 18.9 Å². The molecule has 0 aromatic heterocycles. The highest BCUT2D eigenvalue weighted by Gasteiger charge is 2.49. The molecule has 1 spiro atoms. The summed E-state index contributed by atoms with van der Waals surface area (Å²) < 4.78 is 22.5. The van der Waals surface area contributed by atoms with E-state index >= 15 is 0 Å². The maximum absolute atomic E-state index is 5.89. The normalized spacial score (nSPS) is 16.9. The van der Waals surface area contributed by atoms with Crippen LogP contribution >= 0.6 is 0 Å². The van der Waals surface area contributed by atoms with Gasteiger partial charge in [-0.25, -0.2) is 0 Å². The van der Waals surface area contributed by atoms with Gasteiger partial charge in [-0.05, 0) is 36.4 Å². The largest absolute Gasteiger partial charge is 0.497 e. The zero-order chi connectivity index (χ0) is 14.4. The first-order chi connectivity index (χ1) is 10.3. The van der Waals surface area contributed by atoms with E-state index < -0.39 is 0 Å². The second-order valence-electron chi connectivity index (χ2n) is 5.38. The standard InChI is InChI=1S/C17H16O4/c1-18-11-3-5-15-13(7-11)17(9-20-15)10-21-16-6-4-12(19-2)8-14(16)17/h3-8H,9-10H2,1-2H3. The van der Waals surface area contributed by atoms with Crippen molar-refractivity contribution in [2.45, 2.75) is 5.41 Å². The third kappa shape index (κ3) is 1.62. The molecule has 4 heteroatoms. The lowest BCUT2D eigenvalue weighted by Gasteiger charge is -2.21. The van der Waals surface area contributed by atoms with Gasteiger partial charge in [0.1, 0.15) is 36.2 Å². The van der Waals surface area contributed by atoms with Crippen molar-refractivity contribution in [1.82, 2.24) is 0 Å². The lowest BCUT2D eigenvalue weighted by molar-refractivity contribution is 0.238. The van der Waals surface area contributed by atoms with Gasteiger partial charge < -0.3 is 18.9 Å². The van der Waals surface area contributed by atoms with E-state index in [9.17, 15) is 0 Å². The number of methoxy groups -OCH3 is 2. The fraction of sp³-hybridized carbons (Fsp3) is 0.294. The molecule has 2 aliphatic rings. The second-order valence-corrected chi connectivity index (χ2v) is 5.38. The van der Waals surface area contributed by atoms with Gasteiger partial charge in [0.05, 0.1) is 19.6 Å². The molecule has 0 amide bonds. The fourth-order valence-electron chi connectivity index (χ4n) is 3.17. The van der Waals surface area contributed by atoms with E-state index in [1.807, 2.05) is 36.4 Å². The van der Waals surface area contributed by atoms with Crippen LogP contribution in [0.2, 0.25) is 0 Å². The van der Waals surface area contributed by atoms with E-state index in [1.165, 1.54) is 0 Å². The van der Waals surface area contributed by atoms with Crippen LogP contribution in [-0.4, -0.2) is 27.4 Å². The molecule has 0 aliphatic carbocycles. The van der Waals surface area contributed by atoms with Crippen LogP contribution in [0.5, 0.6) is 23.0 Å². The van der Waals surface area contributed by atoms with Crippen LogP contribution in [0.4, 0.5) is 0 Å². The summed E-state index contributed by atoms with van der Waals surface area (Å²) in [5.74, 6) is 3.45. The molecule has 0 radical (unpaired) electrons. The molecule has 2 aromatic carbocycles. The van der Waals surface area contributed by atoms with Gasteiger partial charge in [0.15, 0.2) is 0 Å². The minimum absolute atomic E-state index is 0.270. The van der Waals surface area contributed by atoms with Gasteiger partial charge in [-0.2, -0.15) is 0 Å². The van der Waals surface area contributed by atoms with Crippen LogP contribution in [0.25, 0.3) is 0 Å². The van der Waals surface area contributed by atoms with Crippen molar-refractivity contribution in [1.29, 1.82) is 0 Å². The highest BCUT2D eigenvalue weighted by Crippen LogP contribution is 2.51. The summed E-state index contributed by atoms with van der Waals surface area (Å²) >= 11 is 0. The van der Waals surface area contributed by atoms with Crippen molar-refractivity contribution in [3.8, 4) is 23.0 Å². The molecule has 0 unspecified atom stereocenters. The molecule has 4 nitrogen and oxygen atoms in total. The Labute approximate surface area is 123 Å². The first-order valence-electron chi connectivity index (χ1n) is 6.89. The van der Waals surface area contributed by atoms with E-state index in [-0.39, 0.29) is 5.41 Å². The topological polar surface area (TPSA) is 36.9 Å². The number of hydrogen-bond acceptors (Lipinski definition) is 4. The van der Waals surface area contributed by atoms with Crippen LogP contribution in [0.3, 0.4) is 0 Å². The van der Waals surface area contributed by atoms with Crippen LogP contribution in [0, 0.1) is 0 Å². The molecule has 0 fully saturated rings. The maximum atomic E-state index is 5.89. The van der Waals surface area contributed by atoms with Crippen molar-refractivity contribution in [2.24, 2.45) is 0 Å². The van der Waals surface area contributed by atoms with Crippen molar-refractivity contribution in [3.05, 3.63) is 47.5 Å². The monoisotopic (exact) mass is 284 g/mol.